The number of aromatic nitrogens is 2. The second kappa shape index (κ2) is 12.7. The van der Waals surface area contributed by atoms with E-state index in [-0.39, 0.29) is 25.1 Å². The van der Waals surface area contributed by atoms with Crippen molar-refractivity contribution in [2.24, 2.45) is 5.41 Å². The first-order valence-electron chi connectivity index (χ1n) is 14.6. The first-order valence-corrected chi connectivity index (χ1v) is 14.6. The zero-order valence-corrected chi connectivity index (χ0v) is 23.9. The quantitative estimate of drug-likeness (QED) is 0.216. The molecule has 220 valence electrons. The molecule has 9 nitrogen and oxygen atoms in total. The molecule has 0 aliphatic carbocycles. The average Bonchev–Trinajstić information content (AvgIpc) is 3.32. The highest BCUT2D eigenvalue weighted by atomic mass is 16.4. The Kier molecular flexibility index (Phi) is 8.77. The maximum Gasteiger partial charge on any atom is 0.407 e. The molecule has 0 saturated carbocycles. The van der Waals surface area contributed by atoms with Crippen LogP contribution in [0.1, 0.15) is 49.8 Å². The molecule has 4 aromatic rings. The molecule has 1 aliphatic rings. The van der Waals surface area contributed by atoms with E-state index >= 15 is 0 Å². The van der Waals surface area contributed by atoms with E-state index in [2.05, 4.69) is 34.1 Å². The summed E-state index contributed by atoms with van der Waals surface area (Å²) < 4.78 is 1.55. The molecule has 3 aromatic carbocycles. The van der Waals surface area contributed by atoms with Crippen LogP contribution in [0.25, 0.3) is 11.0 Å². The van der Waals surface area contributed by atoms with Crippen molar-refractivity contribution in [3.8, 4) is 0 Å². The number of H-pyrrole nitrogens is 1. The Morgan fingerprint density at radius 1 is 0.929 bits per heavy atom. The Balaban J connectivity index is 1.45. The van der Waals surface area contributed by atoms with Crippen LogP contribution < -0.4 is 5.69 Å². The van der Waals surface area contributed by atoms with Crippen molar-refractivity contribution in [2.45, 2.75) is 57.8 Å². The number of fused-ring (bicyclic) bond motifs is 1. The minimum Gasteiger partial charge on any atom is -0.481 e. The molecule has 42 heavy (non-hydrogen) atoms. The number of para-hydroxylation sites is 2. The highest BCUT2D eigenvalue weighted by Crippen LogP contribution is 2.48. The van der Waals surface area contributed by atoms with Gasteiger partial charge in [-0.3, -0.25) is 14.3 Å². The van der Waals surface area contributed by atoms with Crippen LogP contribution in [0, 0.1) is 5.41 Å². The van der Waals surface area contributed by atoms with Gasteiger partial charge in [0.25, 0.3) is 0 Å². The first kappa shape index (κ1) is 29.1. The maximum absolute atomic E-state index is 13.3. The van der Waals surface area contributed by atoms with Crippen molar-refractivity contribution in [3.05, 3.63) is 107 Å². The van der Waals surface area contributed by atoms with Crippen LogP contribution in [0.2, 0.25) is 0 Å². The molecule has 3 atom stereocenters. The molecule has 3 N–H and O–H groups in total. The summed E-state index contributed by atoms with van der Waals surface area (Å²) in [4.78, 5) is 45.4. The average molecular weight is 571 g/mol. The summed E-state index contributed by atoms with van der Waals surface area (Å²) in [7, 11) is 0. The van der Waals surface area contributed by atoms with Gasteiger partial charge in [0.15, 0.2) is 0 Å². The van der Waals surface area contributed by atoms with Crippen LogP contribution in [0.3, 0.4) is 0 Å². The molecule has 1 saturated heterocycles. The van der Waals surface area contributed by atoms with Crippen molar-refractivity contribution >= 4 is 23.1 Å². The van der Waals surface area contributed by atoms with Crippen LogP contribution in [-0.4, -0.2) is 60.8 Å². The normalized spacial score (nSPS) is 20.7. The summed E-state index contributed by atoms with van der Waals surface area (Å²) >= 11 is 0. The van der Waals surface area contributed by atoms with E-state index in [9.17, 15) is 24.6 Å². The van der Waals surface area contributed by atoms with E-state index in [1.807, 2.05) is 48.5 Å². The summed E-state index contributed by atoms with van der Waals surface area (Å²) in [6.45, 7) is 4.03. The second-order valence-electron chi connectivity index (χ2n) is 11.1. The number of benzene rings is 3. The molecule has 1 amide bonds. The number of hydrogen-bond acceptors (Lipinski definition) is 4. The van der Waals surface area contributed by atoms with Gasteiger partial charge in [0.05, 0.1) is 23.1 Å². The van der Waals surface area contributed by atoms with Crippen LogP contribution in [0.15, 0.2) is 89.7 Å². The lowest BCUT2D eigenvalue weighted by Gasteiger charge is -2.51. The molecule has 2 unspecified atom stereocenters. The van der Waals surface area contributed by atoms with Gasteiger partial charge in [0, 0.05) is 19.6 Å². The topological polar surface area (TPSA) is 119 Å². The van der Waals surface area contributed by atoms with Gasteiger partial charge in [-0.15, -0.1) is 0 Å². The van der Waals surface area contributed by atoms with E-state index in [0.29, 0.717) is 43.5 Å². The standard InChI is InChI=1S/C33H38N4O5/c1-2-33(30(38)39)28(18-11-20-35(22-24-12-5-3-6-13-24)23-25-14-7-4-8-15-25)36(32(41)42)21-19-29(33)37-27-17-10-9-16-26(27)34-31(37)40/h3-10,12-17,28-29H,2,11,18-23H2,1H3,(H,34,40)(H,38,39)(H,41,42)/t28-,29?,33?/m0/s1. The summed E-state index contributed by atoms with van der Waals surface area (Å²) in [6.07, 6.45) is 0.247. The van der Waals surface area contributed by atoms with Crippen LogP contribution in [-0.2, 0) is 17.9 Å². The zero-order valence-electron chi connectivity index (χ0n) is 23.9. The van der Waals surface area contributed by atoms with Crippen LogP contribution >= 0.6 is 0 Å². The summed E-state index contributed by atoms with van der Waals surface area (Å²) in [6, 6.07) is 26.1. The zero-order chi connectivity index (χ0) is 29.7. The predicted octanol–water partition coefficient (Wildman–Crippen LogP) is 5.59. The fraction of sp³-hybridized carbons (Fsp3) is 0.364. The number of nitrogens with one attached hydrogen (secondary N) is 1. The Hall–Kier alpha value is -4.37. The summed E-state index contributed by atoms with van der Waals surface area (Å²) in [5.41, 5.74) is 1.75. The van der Waals surface area contributed by atoms with Crippen molar-refractivity contribution in [2.75, 3.05) is 13.1 Å². The van der Waals surface area contributed by atoms with E-state index in [1.165, 1.54) is 16.0 Å². The molecule has 0 bridgehead atoms. The van der Waals surface area contributed by atoms with Crippen molar-refractivity contribution in [1.82, 2.24) is 19.4 Å². The molecule has 0 radical (unpaired) electrons. The number of aromatic amines is 1. The van der Waals surface area contributed by atoms with Crippen LogP contribution in [0.5, 0.6) is 0 Å². The van der Waals surface area contributed by atoms with Crippen LogP contribution in [0.4, 0.5) is 4.79 Å². The van der Waals surface area contributed by atoms with Gasteiger partial charge in [-0.2, -0.15) is 0 Å². The smallest absolute Gasteiger partial charge is 0.407 e. The lowest BCUT2D eigenvalue weighted by Crippen LogP contribution is -2.62. The molecule has 2 heterocycles. The van der Waals surface area contributed by atoms with Crippen molar-refractivity contribution in [1.29, 1.82) is 0 Å². The number of carbonyl (C=O) groups is 2. The number of imidazole rings is 1. The number of carboxylic acid groups (broad SMARTS) is 2. The Bertz CT molecular complexity index is 1530. The van der Waals surface area contributed by atoms with Gasteiger partial charge in [-0.25, -0.2) is 9.59 Å². The van der Waals surface area contributed by atoms with Gasteiger partial charge in [0.1, 0.15) is 5.41 Å². The first-order chi connectivity index (χ1) is 20.3. The maximum atomic E-state index is 13.3. The SMILES string of the molecule is CCC1(C(=O)O)C(n2c(=O)[nH]c3ccccc32)CCN(C(=O)O)[C@H]1CCCN(Cc1ccccc1)Cc1ccccc1. The second-order valence-corrected chi connectivity index (χ2v) is 11.1. The Morgan fingerprint density at radius 3 is 2.10 bits per heavy atom. The lowest BCUT2D eigenvalue weighted by molar-refractivity contribution is -0.162. The minimum atomic E-state index is -1.48. The van der Waals surface area contributed by atoms with Gasteiger partial charge in [0.2, 0.25) is 0 Å². The molecule has 1 aliphatic heterocycles. The number of piperidine rings is 1. The number of amides is 1. The van der Waals surface area contributed by atoms with Gasteiger partial charge in [-0.05, 0) is 55.5 Å². The largest absolute Gasteiger partial charge is 0.481 e. The summed E-state index contributed by atoms with van der Waals surface area (Å²) in [5.74, 6) is -1.08. The van der Waals surface area contributed by atoms with E-state index in [4.69, 9.17) is 0 Å². The molecular weight excluding hydrogens is 532 g/mol. The molecular formula is C33H38N4O5. The molecule has 1 aromatic heterocycles. The van der Waals surface area contributed by atoms with Crippen molar-refractivity contribution in [3.63, 3.8) is 0 Å². The number of rotatable bonds is 11. The third kappa shape index (κ3) is 5.69. The highest BCUT2D eigenvalue weighted by molar-refractivity contribution is 5.80. The Morgan fingerprint density at radius 2 is 1.52 bits per heavy atom. The van der Waals surface area contributed by atoms with Gasteiger partial charge >= 0.3 is 17.8 Å². The molecule has 5 rings (SSSR count). The van der Waals surface area contributed by atoms with E-state index < -0.39 is 29.6 Å². The minimum absolute atomic E-state index is 0.156. The fourth-order valence-corrected chi connectivity index (χ4v) is 6.87. The number of nitrogens with zero attached hydrogens (tertiary/aromatic N) is 3. The van der Waals surface area contributed by atoms with Gasteiger partial charge in [-0.1, -0.05) is 79.7 Å². The Labute approximate surface area is 245 Å². The number of carboxylic acids is 1. The predicted molar refractivity (Wildman–Crippen MR) is 161 cm³/mol. The third-order valence-electron chi connectivity index (χ3n) is 8.82. The summed E-state index contributed by atoms with van der Waals surface area (Å²) in [5, 5.41) is 21.0. The third-order valence-corrected chi connectivity index (χ3v) is 8.82. The molecule has 9 heteroatoms. The molecule has 1 fully saturated rings. The fourth-order valence-electron chi connectivity index (χ4n) is 6.87. The number of likely N-dealkylation sites (tertiary alicyclic amines) is 1. The number of aliphatic carboxylic acids is 1. The molecule has 0 spiro atoms. The van der Waals surface area contributed by atoms with E-state index in [0.717, 1.165) is 0 Å². The van der Waals surface area contributed by atoms with Gasteiger partial charge < -0.3 is 20.1 Å². The van der Waals surface area contributed by atoms with E-state index in [1.54, 1.807) is 23.6 Å². The lowest BCUT2D eigenvalue weighted by atomic mass is 9.66. The number of hydrogen-bond donors (Lipinski definition) is 3. The monoisotopic (exact) mass is 570 g/mol. The van der Waals surface area contributed by atoms with Crippen molar-refractivity contribution < 1.29 is 19.8 Å². The highest BCUT2D eigenvalue weighted by Gasteiger charge is 2.57.